The quantitative estimate of drug-likeness (QED) is 0.234. The Morgan fingerprint density at radius 3 is 2.50 bits per heavy atom. The van der Waals surface area contributed by atoms with Crippen molar-refractivity contribution in [3.05, 3.63) is 56.5 Å². The van der Waals surface area contributed by atoms with Crippen molar-refractivity contribution in [3.8, 4) is 11.5 Å². The Hall–Kier alpha value is -1.86. The summed E-state index contributed by atoms with van der Waals surface area (Å²) in [6, 6.07) is 11.8. The lowest BCUT2D eigenvalue weighted by Crippen LogP contribution is -2.18. The number of ether oxygens (including phenoxy) is 2. The highest BCUT2D eigenvalue weighted by molar-refractivity contribution is 9.10. The normalized spacial score (nSPS) is 11.5. The van der Waals surface area contributed by atoms with Crippen LogP contribution in [0.2, 0.25) is 0 Å². The minimum Gasteiger partial charge on any atom is -0.493 e. The van der Waals surface area contributed by atoms with Gasteiger partial charge in [-0.05, 0) is 70.6 Å². The number of carbonyl (C=O) groups is 1. The lowest BCUT2D eigenvalue weighted by Gasteiger charge is -2.20. The van der Waals surface area contributed by atoms with Crippen molar-refractivity contribution >= 4 is 44.0 Å². The number of nitrogens with zero attached hydrogens (tertiary/aromatic N) is 1. The number of benzene rings is 2. The van der Waals surface area contributed by atoms with Crippen LogP contribution in [0.3, 0.4) is 0 Å². The van der Waals surface area contributed by atoms with Crippen molar-refractivity contribution in [1.29, 1.82) is 0 Å². The minimum absolute atomic E-state index is 0.0823. The molecular weight excluding hydrogens is 512 g/mol. The first-order chi connectivity index (χ1) is 14.2. The smallest absolute Gasteiger partial charge is 0.240 e. The van der Waals surface area contributed by atoms with Crippen LogP contribution in [0.5, 0.6) is 11.5 Å². The van der Waals surface area contributed by atoms with Gasteiger partial charge in [0.2, 0.25) is 5.91 Å². The molecule has 0 heterocycles. The monoisotopic (exact) mass is 538 g/mol. The van der Waals surface area contributed by atoms with Crippen molar-refractivity contribution < 1.29 is 14.3 Å². The summed E-state index contributed by atoms with van der Waals surface area (Å²) in [4.78, 5) is 12.0. The van der Waals surface area contributed by atoms with Crippen LogP contribution in [0.25, 0.3) is 0 Å². The van der Waals surface area contributed by atoms with E-state index in [2.05, 4.69) is 75.3 Å². The average molecular weight is 540 g/mol. The summed E-state index contributed by atoms with van der Waals surface area (Å²) in [6.45, 7) is 9.44. The van der Waals surface area contributed by atoms with Gasteiger partial charge >= 0.3 is 0 Å². The summed E-state index contributed by atoms with van der Waals surface area (Å²) in [7, 11) is 0. The highest BCUT2D eigenvalue weighted by Gasteiger charge is 2.15. The summed E-state index contributed by atoms with van der Waals surface area (Å²) < 4.78 is 13.2. The number of hydrogen-bond acceptors (Lipinski definition) is 4. The van der Waals surface area contributed by atoms with Crippen LogP contribution in [-0.4, -0.2) is 25.3 Å². The molecule has 1 amide bonds. The maximum atomic E-state index is 12.0. The lowest BCUT2D eigenvalue weighted by atomic mass is 9.87. The highest BCUT2D eigenvalue weighted by Crippen LogP contribution is 2.31. The number of rotatable bonds is 9. The van der Waals surface area contributed by atoms with Gasteiger partial charge in [0.25, 0.3) is 0 Å². The Kier molecular flexibility index (Phi) is 9.37. The molecule has 0 bridgehead atoms. The summed E-state index contributed by atoms with van der Waals surface area (Å²) in [5.74, 6) is 1.33. The van der Waals surface area contributed by atoms with Crippen LogP contribution < -0.4 is 14.9 Å². The lowest BCUT2D eigenvalue weighted by molar-refractivity contribution is -0.121. The van der Waals surface area contributed by atoms with Crippen LogP contribution in [0, 0.1) is 0 Å². The molecule has 0 saturated carbocycles. The van der Waals surface area contributed by atoms with Crippen LogP contribution in [0.4, 0.5) is 0 Å². The van der Waals surface area contributed by atoms with E-state index >= 15 is 0 Å². The fourth-order valence-corrected chi connectivity index (χ4v) is 3.51. The summed E-state index contributed by atoms with van der Waals surface area (Å²) in [5.41, 5.74) is 4.65. The SMILES string of the molecule is CCOc1ccc(Br)cc1/C=N/NC(=O)CCCOc1ccc(C(C)(C)C)cc1Br. The molecule has 0 spiro atoms. The first-order valence-electron chi connectivity index (χ1n) is 9.87. The van der Waals surface area contributed by atoms with Gasteiger partial charge in [-0.3, -0.25) is 4.79 Å². The van der Waals surface area contributed by atoms with Crippen LogP contribution in [0.1, 0.15) is 51.7 Å². The van der Waals surface area contributed by atoms with Crippen molar-refractivity contribution in [2.75, 3.05) is 13.2 Å². The zero-order chi connectivity index (χ0) is 22.1. The largest absolute Gasteiger partial charge is 0.493 e. The topological polar surface area (TPSA) is 59.9 Å². The Labute approximate surface area is 195 Å². The number of halogens is 2. The van der Waals surface area contributed by atoms with E-state index in [4.69, 9.17) is 9.47 Å². The molecule has 2 aromatic carbocycles. The number of amides is 1. The Balaban J connectivity index is 1.78. The van der Waals surface area contributed by atoms with Crippen molar-refractivity contribution in [3.63, 3.8) is 0 Å². The molecule has 2 rings (SSSR count). The molecule has 0 aliphatic rings. The van der Waals surface area contributed by atoms with Crippen LogP contribution >= 0.6 is 31.9 Å². The first-order valence-corrected chi connectivity index (χ1v) is 11.5. The van der Waals surface area contributed by atoms with Crippen LogP contribution in [-0.2, 0) is 10.2 Å². The van der Waals surface area contributed by atoms with E-state index in [-0.39, 0.29) is 11.3 Å². The molecule has 0 radical (unpaired) electrons. The second kappa shape index (κ2) is 11.5. The fraction of sp³-hybridized carbons (Fsp3) is 0.391. The molecule has 0 aromatic heterocycles. The third kappa shape index (κ3) is 7.76. The molecule has 5 nitrogen and oxygen atoms in total. The Bertz CT molecular complexity index is 893. The predicted molar refractivity (Wildman–Crippen MR) is 129 cm³/mol. The zero-order valence-corrected chi connectivity index (χ0v) is 21.0. The number of hydrogen-bond donors (Lipinski definition) is 1. The molecule has 0 atom stereocenters. The van der Waals surface area contributed by atoms with Crippen LogP contribution in [0.15, 0.2) is 50.4 Å². The molecule has 7 heteroatoms. The number of nitrogens with one attached hydrogen (secondary N) is 1. The molecule has 0 fully saturated rings. The van der Waals surface area contributed by atoms with Gasteiger partial charge in [-0.1, -0.05) is 42.8 Å². The van der Waals surface area contributed by atoms with Gasteiger partial charge in [0.1, 0.15) is 11.5 Å². The second-order valence-electron chi connectivity index (χ2n) is 7.76. The number of carbonyl (C=O) groups excluding carboxylic acids is 1. The second-order valence-corrected chi connectivity index (χ2v) is 9.53. The minimum atomic E-state index is -0.162. The molecule has 2 aromatic rings. The average Bonchev–Trinajstić information content (AvgIpc) is 2.67. The fourth-order valence-electron chi connectivity index (χ4n) is 2.64. The van der Waals surface area contributed by atoms with E-state index in [1.54, 1.807) is 6.21 Å². The molecule has 0 saturated heterocycles. The molecule has 0 aliphatic heterocycles. The number of hydrazone groups is 1. The van der Waals surface area contributed by atoms with Gasteiger partial charge < -0.3 is 9.47 Å². The first kappa shape index (κ1) is 24.4. The Morgan fingerprint density at radius 1 is 1.10 bits per heavy atom. The van der Waals surface area contributed by atoms with Gasteiger partial charge in [-0.15, -0.1) is 0 Å². The highest BCUT2D eigenvalue weighted by atomic mass is 79.9. The molecule has 0 aliphatic carbocycles. The van der Waals surface area contributed by atoms with E-state index in [0.717, 1.165) is 26.0 Å². The maximum Gasteiger partial charge on any atom is 0.240 e. The maximum absolute atomic E-state index is 12.0. The van der Waals surface area contributed by atoms with E-state index in [0.29, 0.717) is 26.1 Å². The molecule has 0 unspecified atom stereocenters. The van der Waals surface area contributed by atoms with Crippen molar-refractivity contribution in [2.24, 2.45) is 5.10 Å². The predicted octanol–water partition coefficient (Wildman–Crippen LogP) is 6.22. The van der Waals surface area contributed by atoms with Gasteiger partial charge in [-0.2, -0.15) is 5.10 Å². The van der Waals surface area contributed by atoms with E-state index in [9.17, 15) is 4.79 Å². The zero-order valence-electron chi connectivity index (χ0n) is 17.8. The summed E-state index contributed by atoms with van der Waals surface area (Å²) >= 11 is 6.99. The molecule has 1 N–H and O–H groups in total. The van der Waals surface area contributed by atoms with E-state index in [1.807, 2.05) is 31.2 Å². The van der Waals surface area contributed by atoms with Gasteiger partial charge in [0.05, 0.1) is 23.9 Å². The van der Waals surface area contributed by atoms with Gasteiger partial charge in [0.15, 0.2) is 0 Å². The van der Waals surface area contributed by atoms with E-state index < -0.39 is 0 Å². The van der Waals surface area contributed by atoms with Gasteiger partial charge in [0, 0.05) is 16.5 Å². The standard InChI is InChI=1S/C23H28Br2N2O3/c1-5-29-20-11-9-18(24)13-16(20)15-26-27-22(28)7-6-12-30-21-10-8-17(14-19(21)25)23(2,3)4/h8-11,13-15H,5-7,12H2,1-4H3,(H,27,28)/b26-15+. The van der Waals surface area contributed by atoms with E-state index in [1.165, 1.54) is 5.56 Å². The Morgan fingerprint density at radius 2 is 1.83 bits per heavy atom. The van der Waals surface area contributed by atoms with Gasteiger partial charge in [-0.25, -0.2) is 5.43 Å². The third-order valence-corrected chi connectivity index (χ3v) is 5.38. The summed E-state index contributed by atoms with van der Waals surface area (Å²) in [6.07, 6.45) is 2.50. The molecule has 30 heavy (non-hydrogen) atoms. The summed E-state index contributed by atoms with van der Waals surface area (Å²) in [5, 5.41) is 4.04. The van der Waals surface area contributed by atoms with Crippen molar-refractivity contribution in [2.45, 2.75) is 46.0 Å². The van der Waals surface area contributed by atoms with Crippen molar-refractivity contribution in [1.82, 2.24) is 5.43 Å². The molecular formula is C23H28Br2N2O3. The molecule has 162 valence electrons. The third-order valence-electron chi connectivity index (χ3n) is 4.27.